The fourth-order valence-corrected chi connectivity index (χ4v) is 2.25. The Balaban J connectivity index is 2.40. The zero-order chi connectivity index (χ0) is 20.3. The summed E-state index contributed by atoms with van der Waals surface area (Å²) in [5.74, 6) is -2.71. The van der Waals surface area contributed by atoms with Crippen LogP contribution < -0.4 is 10.6 Å². The third kappa shape index (κ3) is 4.57. The van der Waals surface area contributed by atoms with Crippen molar-refractivity contribution in [1.82, 2.24) is 10.6 Å². The Bertz CT molecular complexity index is 774. The van der Waals surface area contributed by atoms with Crippen molar-refractivity contribution in [3.8, 4) is 0 Å². The molecule has 27 heavy (non-hydrogen) atoms. The van der Waals surface area contributed by atoms with E-state index < -0.39 is 41.8 Å². The molecule has 0 fully saturated rings. The van der Waals surface area contributed by atoms with Crippen molar-refractivity contribution in [2.75, 3.05) is 0 Å². The van der Waals surface area contributed by atoms with Crippen LogP contribution in [0.15, 0.2) is 54.6 Å². The summed E-state index contributed by atoms with van der Waals surface area (Å²) in [6, 6.07) is 10.4. The Morgan fingerprint density at radius 3 is 1.96 bits per heavy atom. The summed E-state index contributed by atoms with van der Waals surface area (Å²) >= 11 is 0. The summed E-state index contributed by atoms with van der Waals surface area (Å²) in [6.07, 6.45) is -11.9. The highest BCUT2D eigenvalue weighted by Gasteiger charge is 2.72. The van der Waals surface area contributed by atoms with Gasteiger partial charge in [0.1, 0.15) is 5.82 Å². The molecule has 0 spiro atoms. The minimum absolute atomic E-state index is 0.135. The van der Waals surface area contributed by atoms with Gasteiger partial charge in [0.05, 0.1) is 0 Å². The van der Waals surface area contributed by atoms with Crippen LogP contribution in [0.3, 0.4) is 0 Å². The molecule has 0 aliphatic rings. The molecule has 0 unspecified atom stereocenters. The van der Waals surface area contributed by atoms with Crippen LogP contribution in [-0.4, -0.2) is 23.9 Å². The van der Waals surface area contributed by atoms with Gasteiger partial charge in [-0.1, -0.05) is 36.4 Å². The molecule has 0 aliphatic carbocycles. The second-order valence-corrected chi connectivity index (χ2v) is 5.55. The lowest BCUT2D eigenvalue weighted by molar-refractivity contribution is -0.314. The van der Waals surface area contributed by atoms with Crippen LogP contribution in [0.1, 0.15) is 15.9 Å². The van der Waals surface area contributed by atoms with Gasteiger partial charge in [-0.2, -0.15) is 26.3 Å². The van der Waals surface area contributed by atoms with Crippen LogP contribution >= 0.6 is 0 Å². The number of benzene rings is 2. The highest BCUT2D eigenvalue weighted by molar-refractivity contribution is 5.94. The van der Waals surface area contributed by atoms with E-state index >= 15 is 0 Å². The Kier molecular flexibility index (Phi) is 5.79. The van der Waals surface area contributed by atoms with E-state index in [1.54, 1.807) is 0 Å². The second kappa shape index (κ2) is 7.55. The molecule has 0 bridgehead atoms. The summed E-state index contributed by atoms with van der Waals surface area (Å²) in [7, 11) is 0. The number of hydrogen-bond donors (Lipinski definition) is 2. The molecule has 2 N–H and O–H groups in total. The molecule has 2 aromatic rings. The summed E-state index contributed by atoms with van der Waals surface area (Å²) in [6.45, 7) is -0.830. The first-order chi connectivity index (χ1) is 12.5. The normalized spacial score (nSPS) is 12.7. The van der Waals surface area contributed by atoms with Gasteiger partial charge in [0.25, 0.3) is 11.6 Å². The Morgan fingerprint density at radius 2 is 1.44 bits per heavy atom. The van der Waals surface area contributed by atoms with Crippen molar-refractivity contribution in [3.63, 3.8) is 0 Å². The van der Waals surface area contributed by atoms with E-state index in [1.807, 2.05) is 0 Å². The highest BCUT2D eigenvalue weighted by atomic mass is 19.4. The van der Waals surface area contributed by atoms with Crippen molar-refractivity contribution in [3.05, 3.63) is 71.5 Å². The Morgan fingerprint density at radius 1 is 0.852 bits per heavy atom. The first-order valence-electron chi connectivity index (χ1n) is 7.47. The molecule has 0 aliphatic heterocycles. The van der Waals surface area contributed by atoms with E-state index in [0.717, 1.165) is 23.5 Å². The van der Waals surface area contributed by atoms with Crippen molar-refractivity contribution in [2.45, 2.75) is 24.6 Å². The number of halogens is 7. The van der Waals surface area contributed by atoms with E-state index in [0.29, 0.717) is 6.07 Å². The molecule has 2 rings (SSSR count). The van der Waals surface area contributed by atoms with E-state index in [-0.39, 0.29) is 5.56 Å². The average molecular weight is 394 g/mol. The van der Waals surface area contributed by atoms with Gasteiger partial charge in [-0.3, -0.25) is 10.1 Å². The molecule has 0 heterocycles. The van der Waals surface area contributed by atoms with Crippen LogP contribution in [0.5, 0.6) is 0 Å². The molecule has 2 aromatic carbocycles. The number of alkyl halides is 6. The van der Waals surface area contributed by atoms with Gasteiger partial charge in [0, 0.05) is 12.1 Å². The fourth-order valence-electron chi connectivity index (χ4n) is 2.25. The highest BCUT2D eigenvalue weighted by Crippen LogP contribution is 2.41. The van der Waals surface area contributed by atoms with Gasteiger partial charge in [-0.05, 0) is 23.8 Å². The predicted octanol–water partition coefficient (Wildman–Crippen LogP) is 4.17. The number of rotatable bonds is 5. The maximum Gasteiger partial charge on any atom is 0.434 e. The summed E-state index contributed by atoms with van der Waals surface area (Å²) < 4.78 is 93.9. The third-order valence-electron chi connectivity index (χ3n) is 3.64. The van der Waals surface area contributed by atoms with Crippen LogP contribution in [0, 0.1) is 5.82 Å². The van der Waals surface area contributed by atoms with Crippen molar-refractivity contribution in [2.24, 2.45) is 0 Å². The van der Waals surface area contributed by atoms with Crippen LogP contribution in [0.4, 0.5) is 30.7 Å². The lowest BCUT2D eigenvalue weighted by Gasteiger charge is -2.38. The Labute approximate surface area is 149 Å². The molecule has 146 valence electrons. The molecule has 1 amide bonds. The number of carbonyl (C=O) groups is 1. The van der Waals surface area contributed by atoms with E-state index in [4.69, 9.17) is 0 Å². The molecule has 0 radical (unpaired) electrons. The maximum atomic E-state index is 13.5. The zero-order valence-corrected chi connectivity index (χ0v) is 13.5. The first-order valence-corrected chi connectivity index (χ1v) is 7.47. The zero-order valence-electron chi connectivity index (χ0n) is 13.5. The van der Waals surface area contributed by atoms with Gasteiger partial charge < -0.3 is 5.32 Å². The van der Waals surface area contributed by atoms with Crippen molar-refractivity contribution >= 4 is 5.91 Å². The lowest BCUT2D eigenvalue weighted by Crippen LogP contribution is -2.75. The van der Waals surface area contributed by atoms with Gasteiger partial charge in [-0.25, -0.2) is 4.39 Å². The van der Waals surface area contributed by atoms with E-state index in [1.165, 1.54) is 35.6 Å². The summed E-state index contributed by atoms with van der Waals surface area (Å²) in [4.78, 5) is 12.0. The van der Waals surface area contributed by atoms with Crippen LogP contribution in [0.25, 0.3) is 0 Å². The number of amides is 1. The Hall–Kier alpha value is -2.62. The largest absolute Gasteiger partial charge is 0.434 e. The van der Waals surface area contributed by atoms with E-state index in [9.17, 15) is 35.5 Å². The summed E-state index contributed by atoms with van der Waals surface area (Å²) in [5.41, 5.74) is -5.27. The molecule has 3 nitrogen and oxygen atoms in total. The van der Waals surface area contributed by atoms with Gasteiger partial charge in [0.2, 0.25) is 0 Å². The van der Waals surface area contributed by atoms with Crippen molar-refractivity contribution < 1.29 is 35.5 Å². The quantitative estimate of drug-likeness (QED) is 0.591. The minimum atomic E-state index is -5.93. The first kappa shape index (κ1) is 20.7. The molecule has 10 heteroatoms. The molecular formula is C17H13F7N2O. The molecule has 0 saturated carbocycles. The minimum Gasteiger partial charge on any atom is -0.319 e. The van der Waals surface area contributed by atoms with Crippen molar-refractivity contribution in [1.29, 1.82) is 0 Å². The monoisotopic (exact) mass is 394 g/mol. The van der Waals surface area contributed by atoms with E-state index in [2.05, 4.69) is 0 Å². The van der Waals surface area contributed by atoms with Gasteiger partial charge in [-0.15, -0.1) is 0 Å². The lowest BCUT2D eigenvalue weighted by atomic mass is 10.1. The third-order valence-corrected chi connectivity index (χ3v) is 3.64. The molecule has 0 atom stereocenters. The SMILES string of the molecule is O=C(NC(NCc1ccccc1)(C(F)(F)F)C(F)(F)F)c1cccc(F)c1. The maximum absolute atomic E-state index is 13.5. The van der Waals surface area contributed by atoms with Crippen LogP contribution in [-0.2, 0) is 6.54 Å². The topological polar surface area (TPSA) is 41.1 Å². The number of nitrogens with one attached hydrogen (secondary N) is 2. The molecular weight excluding hydrogens is 381 g/mol. The number of carbonyl (C=O) groups excluding carboxylic acids is 1. The smallest absolute Gasteiger partial charge is 0.319 e. The molecule has 0 saturated heterocycles. The van der Waals surface area contributed by atoms with Crippen LogP contribution in [0.2, 0.25) is 0 Å². The van der Waals surface area contributed by atoms with Gasteiger partial charge >= 0.3 is 12.4 Å². The van der Waals surface area contributed by atoms with Gasteiger partial charge in [0.15, 0.2) is 0 Å². The fraction of sp³-hybridized carbons (Fsp3) is 0.235. The summed E-state index contributed by atoms with van der Waals surface area (Å²) in [5, 5.41) is 2.33. The molecule has 0 aromatic heterocycles. The average Bonchev–Trinajstić information content (AvgIpc) is 2.57. The second-order valence-electron chi connectivity index (χ2n) is 5.55. The standard InChI is InChI=1S/C17H13F7N2O/c18-13-8-4-7-12(9-13)14(27)26-15(16(19,20)21,17(22,23)24)25-10-11-5-2-1-3-6-11/h1-9,25H,10H2,(H,26,27). The predicted molar refractivity (Wildman–Crippen MR) is 82.0 cm³/mol. The number of hydrogen-bond acceptors (Lipinski definition) is 2.